The summed E-state index contributed by atoms with van der Waals surface area (Å²) >= 11 is 0. The van der Waals surface area contributed by atoms with E-state index in [1.54, 1.807) is 0 Å². The van der Waals surface area contributed by atoms with E-state index in [2.05, 4.69) is 42.3 Å². The van der Waals surface area contributed by atoms with E-state index >= 15 is 0 Å². The Morgan fingerprint density at radius 1 is 1.06 bits per heavy atom. The molecular weight excluding hydrogens is 194 g/mol. The molecule has 1 nitrogen and oxygen atoms in total. The summed E-state index contributed by atoms with van der Waals surface area (Å²) in [5, 5.41) is 0. The van der Waals surface area contributed by atoms with Gasteiger partial charge in [-0.25, -0.2) is 0 Å². The fraction of sp³-hybridized carbons (Fsp3) is 0.600. The highest BCUT2D eigenvalue weighted by Crippen LogP contribution is 2.23. The molecule has 0 N–H and O–H groups in total. The van der Waals surface area contributed by atoms with Crippen molar-refractivity contribution in [1.29, 1.82) is 0 Å². The Balaban J connectivity index is 0.000000606. The molecule has 0 aromatic heterocycles. The lowest BCUT2D eigenvalue weighted by Gasteiger charge is -2.23. The predicted molar refractivity (Wildman–Crippen MR) is 71.5 cm³/mol. The highest BCUT2D eigenvalue weighted by molar-refractivity contribution is 5.14. The van der Waals surface area contributed by atoms with Crippen molar-refractivity contribution >= 4 is 0 Å². The summed E-state index contributed by atoms with van der Waals surface area (Å²) in [5.74, 6) is 0. The molecule has 1 aliphatic rings. The number of nitrogens with zero attached hydrogens (tertiary/aromatic N) is 1. The van der Waals surface area contributed by atoms with Crippen molar-refractivity contribution in [2.75, 3.05) is 7.05 Å². The largest absolute Gasteiger partial charge is 0.299 e. The van der Waals surface area contributed by atoms with Crippen LogP contribution < -0.4 is 0 Å². The first-order valence-electron chi connectivity index (χ1n) is 6.60. The fourth-order valence-electron chi connectivity index (χ4n) is 2.35. The monoisotopic (exact) mass is 219 g/mol. The highest BCUT2D eigenvalue weighted by Gasteiger charge is 2.18. The number of benzene rings is 1. The van der Waals surface area contributed by atoms with Crippen LogP contribution in [0, 0.1) is 0 Å². The fourth-order valence-corrected chi connectivity index (χ4v) is 2.35. The van der Waals surface area contributed by atoms with Gasteiger partial charge < -0.3 is 0 Å². The van der Waals surface area contributed by atoms with E-state index in [0.29, 0.717) is 0 Å². The molecule has 0 spiro atoms. The molecule has 0 bridgehead atoms. The Hall–Kier alpha value is -0.820. The third-order valence-electron chi connectivity index (χ3n) is 3.22. The van der Waals surface area contributed by atoms with Crippen molar-refractivity contribution < 1.29 is 0 Å². The number of hydrogen-bond donors (Lipinski definition) is 0. The third-order valence-corrected chi connectivity index (χ3v) is 3.22. The maximum absolute atomic E-state index is 2.50. The van der Waals surface area contributed by atoms with Crippen LogP contribution in [0.2, 0.25) is 0 Å². The maximum atomic E-state index is 2.50. The standard InChI is InChI=1S/C13H19N.C2H6/c1-14(13-9-5-6-10-13)11-12-7-3-2-4-8-12;1-2/h2-4,7-8,13H,5-6,9-11H2,1H3;1-2H3. The molecule has 2 rings (SSSR count). The van der Waals surface area contributed by atoms with E-state index in [-0.39, 0.29) is 0 Å². The first-order valence-corrected chi connectivity index (χ1v) is 6.60. The Bertz CT molecular complexity index is 262. The van der Waals surface area contributed by atoms with Crippen LogP contribution in [-0.2, 0) is 6.54 Å². The average molecular weight is 219 g/mol. The summed E-state index contributed by atoms with van der Waals surface area (Å²) in [5.41, 5.74) is 1.43. The number of hydrogen-bond acceptors (Lipinski definition) is 1. The molecule has 16 heavy (non-hydrogen) atoms. The molecule has 0 amide bonds. The van der Waals surface area contributed by atoms with Crippen LogP contribution in [0.25, 0.3) is 0 Å². The molecule has 0 unspecified atom stereocenters. The molecule has 1 fully saturated rings. The lowest BCUT2D eigenvalue weighted by atomic mass is 10.1. The molecule has 1 heteroatoms. The molecule has 1 aromatic carbocycles. The minimum atomic E-state index is 0.829. The van der Waals surface area contributed by atoms with Crippen LogP contribution >= 0.6 is 0 Å². The maximum Gasteiger partial charge on any atom is 0.0233 e. The zero-order valence-corrected chi connectivity index (χ0v) is 10.9. The van der Waals surface area contributed by atoms with Gasteiger partial charge in [0.05, 0.1) is 0 Å². The van der Waals surface area contributed by atoms with Gasteiger partial charge in [0, 0.05) is 12.6 Å². The van der Waals surface area contributed by atoms with Crippen LogP contribution in [0.1, 0.15) is 45.1 Å². The predicted octanol–water partition coefficient (Wildman–Crippen LogP) is 4.09. The summed E-state index contributed by atoms with van der Waals surface area (Å²) in [4.78, 5) is 2.50. The van der Waals surface area contributed by atoms with E-state index < -0.39 is 0 Å². The normalized spacial score (nSPS) is 16.0. The van der Waals surface area contributed by atoms with E-state index in [4.69, 9.17) is 0 Å². The van der Waals surface area contributed by atoms with Crippen molar-refractivity contribution in [2.24, 2.45) is 0 Å². The van der Waals surface area contributed by atoms with Crippen LogP contribution in [-0.4, -0.2) is 18.0 Å². The van der Waals surface area contributed by atoms with Crippen molar-refractivity contribution in [1.82, 2.24) is 4.90 Å². The summed E-state index contributed by atoms with van der Waals surface area (Å²) in [6.07, 6.45) is 5.63. The van der Waals surface area contributed by atoms with Gasteiger partial charge in [-0.1, -0.05) is 57.0 Å². The van der Waals surface area contributed by atoms with E-state index in [0.717, 1.165) is 12.6 Å². The lowest BCUT2D eigenvalue weighted by molar-refractivity contribution is 0.237. The second-order valence-electron chi connectivity index (χ2n) is 4.34. The van der Waals surface area contributed by atoms with Crippen molar-refractivity contribution in [3.63, 3.8) is 0 Å². The molecule has 1 aliphatic carbocycles. The topological polar surface area (TPSA) is 3.24 Å². The third kappa shape index (κ3) is 3.97. The molecule has 0 radical (unpaired) electrons. The van der Waals surface area contributed by atoms with E-state index in [1.807, 2.05) is 13.8 Å². The molecule has 0 saturated heterocycles. The summed E-state index contributed by atoms with van der Waals surface area (Å²) in [6.45, 7) is 5.10. The lowest BCUT2D eigenvalue weighted by Crippen LogP contribution is -2.28. The first kappa shape index (κ1) is 13.2. The minimum absolute atomic E-state index is 0.829. The van der Waals surface area contributed by atoms with E-state index in [1.165, 1.54) is 31.2 Å². The molecule has 90 valence electrons. The van der Waals surface area contributed by atoms with Gasteiger partial charge in [0.15, 0.2) is 0 Å². The van der Waals surface area contributed by atoms with Gasteiger partial charge in [0.25, 0.3) is 0 Å². The molecule has 0 aliphatic heterocycles. The quantitative estimate of drug-likeness (QED) is 0.740. The zero-order valence-electron chi connectivity index (χ0n) is 10.9. The second kappa shape index (κ2) is 7.45. The van der Waals surface area contributed by atoms with Crippen molar-refractivity contribution in [2.45, 2.75) is 52.1 Å². The van der Waals surface area contributed by atoms with Gasteiger partial charge in [0.1, 0.15) is 0 Å². The Morgan fingerprint density at radius 3 is 2.19 bits per heavy atom. The molecule has 1 aromatic rings. The Labute approximate surface area is 100 Å². The van der Waals surface area contributed by atoms with E-state index in [9.17, 15) is 0 Å². The molecule has 1 saturated carbocycles. The zero-order chi connectivity index (χ0) is 11.8. The van der Waals surface area contributed by atoms with Gasteiger partial charge in [0.2, 0.25) is 0 Å². The van der Waals surface area contributed by atoms with Gasteiger partial charge in [-0.15, -0.1) is 0 Å². The number of rotatable bonds is 3. The molecule has 0 atom stereocenters. The van der Waals surface area contributed by atoms with Crippen molar-refractivity contribution in [3.8, 4) is 0 Å². The van der Waals surface area contributed by atoms with Gasteiger partial charge in [-0.05, 0) is 25.5 Å². The van der Waals surface area contributed by atoms with Crippen molar-refractivity contribution in [3.05, 3.63) is 35.9 Å². The van der Waals surface area contributed by atoms with Crippen LogP contribution in [0.15, 0.2) is 30.3 Å². The molecule has 0 heterocycles. The average Bonchev–Trinajstić information content (AvgIpc) is 2.86. The summed E-state index contributed by atoms with van der Waals surface area (Å²) in [6, 6.07) is 11.6. The van der Waals surface area contributed by atoms with Gasteiger partial charge in [-0.3, -0.25) is 4.90 Å². The smallest absolute Gasteiger partial charge is 0.0233 e. The Morgan fingerprint density at radius 2 is 1.62 bits per heavy atom. The van der Waals surface area contributed by atoms with Crippen LogP contribution in [0.3, 0.4) is 0 Å². The van der Waals surface area contributed by atoms with Crippen LogP contribution in [0.4, 0.5) is 0 Å². The SMILES string of the molecule is CC.CN(Cc1ccccc1)C1CCCC1. The summed E-state index contributed by atoms with van der Waals surface area (Å²) in [7, 11) is 2.25. The summed E-state index contributed by atoms with van der Waals surface area (Å²) < 4.78 is 0. The second-order valence-corrected chi connectivity index (χ2v) is 4.34. The van der Waals surface area contributed by atoms with Crippen LogP contribution in [0.5, 0.6) is 0 Å². The van der Waals surface area contributed by atoms with Gasteiger partial charge in [-0.2, -0.15) is 0 Å². The first-order chi connectivity index (χ1) is 7.86. The Kier molecular flexibility index (Phi) is 6.17. The van der Waals surface area contributed by atoms with Gasteiger partial charge >= 0.3 is 0 Å². The highest BCUT2D eigenvalue weighted by atomic mass is 15.1. The molecular formula is C15H25N. The minimum Gasteiger partial charge on any atom is -0.299 e.